The first kappa shape index (κ1) is 14.8. The maximum atomic E-state index is 12.5. The third-order valence-corrected chi connectivity index (χ3v) is 4.45. The lowest BCUT2D eigenvalue weighted by atomic mass is 10.2. The molecule has 5 nitrogen and oxygen atoms in total. The zero-order valence-electron chi connectivity index (χ0n) is 12.5. The predicted octanol–water partition coefficient (Wildman–Crippen LogP) is 3.86. The van der Waals surface area contributed by atoms with Crippen molar-refractivity contribution in [2.24, 2.45) is 0 Å². The maximum absolute atomic E-state index is 12.5. The van der Waals surface area contributed by atoms with Crippen LogP contribution in [-0.2, 0) is 6.54 Å². The number of halogens is 1. The first-order chi connectivity index (χ1) is 11.7. The van der Waals surface area contributed by atoms with Gasteiger partial charge in [0.05, 0.1) is 5.56 Å². The Morgan fingerprint density at radius 1 is 1.00 bits per heavy atom. The molecule has 118 valence electrons. The van der Waals surface area contributed by atoms with Gasteiger partial charge in [0.2, 0.25) is 11.8 Å². The van der Waals surface area contributed by atoms with E-state index in [1.54, 1.807) is 10.8 Å². The highest BCUT2D eigenvalue weighted by Crippen LogP contribution is 2.26. The lowest BCUT2D eigenvalue weighted by Crippen LogP contribution is -2.20. The van der Waals surface area contributed by atoms with Crippen LogP contribution < -0.4 is 5.56 Å². The largest absolute Gasteiger partial charge is 0.419 e. The van der Waals surface area contributed by atoms with Crippen LogP contribution in [0.3, 0.4) is 0 Å². The molecule has 4 aromatic rings. The molecule has 6 heteroatoms. The van der Waals surface area contributed by atoms with Crippen molar-refractivity contribution in [1.29, 1.82) is 0 Å². The van der Waals surface area contributed by atoms with Gasteiger partial charge in [0.25, 0.3) is 5.56 Å². The van der Waals surface area contributed by atoms with Gasteiger partial charge in [-0.3, -0.25) is 4.79 Å². The van der Waals surface area contributed by atoms with Crippen LogP contribution in [0.2, 0.25) is 0 Å². The molecular weight excluding hydrogens is 370 g/mol. The van der Waals surface area contributed by atoms with Crippen LogP contribution >= 0.6 is 15.9 Å². The molecule has 0 radical (unpaired) electrons. The quantitative estimate of drug-likeness (QED) is 0.540. The van der Waals surface area contributed by atoms with Crippen LogP contribution in [-0.4, -0.2) is 14.8 Å². The van der Waals surface area contributed by atoms with E-state index >= 15 is 0 Å². The molecule has 0 spiro atoms. The van der Waals surface area contributed by atoms with Crippen molar-refractivity contribution < 1.29 is 4.42 Å². The van der Waals surface area contributed by atoms with Crippen molar-refractivity contribution in [2.75, 3.05) is 0 Å². The fourth-order valence-corrected chi connectivity index (χ4v) is 3.02. The zero-order chi connectivity index (χ0) is 16.5. The first-order valence-corrected chi connectivity index (χ1v) is 8.17. The summed E-state index contributed by atoms with van der Waals surface area (Å²) in [6.07, 6.45) is 1.74. The second-order valence-electron chi connectivity index (χ2n) is 5.32. The van der Waals surface area contributed by atoms with E-state index in [-0.39, 0.29) is 12.1 Å². The molecule has 2 aromatic heterocycles. The number of rotatable bonds is 3. The van der Waals surface area contributed by atoms with E-state index in [0.29, 0.717) is 17.2 Å². The summed E-state index contributed by atoms with van der Waals surface area (Å²) in [6, 6.07) is 17.0. The minimum atomic E-state index is -0.0752. The highest BCUT2D eigenvalue weighted by atomic mass is 79.9. The van der Waals surface area contributed by atoms with E-state index in [9.17, 15) is 4.79 Å². The van der Waals surface area contributed by atoms with Crippen LogP contribution in [0.5, 0.6) is 0 Å². The number of hydrogen-bond donors (Lipinski definition) is 0. The predicted molar refractivity (Wildman–Crippen MR) is 94.7 cm³/mol. The normalized spacial score (nSPS) is 11.0. The highest BCUT2D eigenvalue weighted by Gasteiger charge is 2.12. The van der Waals surface area contributed by atoms with Gasteiger partial charge < -0.3 is 8.98 Å². The Bertz CT molecular complexity index is 1080. The summed E-state index contributed by atoms with van der Waals surface area (Å²) < 4.78 is 8.16. The molecule has 0 atom stereocenters. The van der Waals surface area contributed by atoms with Gasteiger partial charge in [-0.2, -0.15) is 0 Å². The molecule has 0 fully saturated rings. The minimum Gasteiger partial charge on any atom is -0.419 e. The van der Waals surface area contributed by atoms with Crippen LogP contribution in [0, 0.1) is 0 Å². The molecule has 0 saturated heterocycles. The Morgan fingerprint density at radius 2 is 1.79 bits per heavy atom. The van der Waals surface area contributed by atoms with Gasteiger partial charge >= 0.3 is 0 Å². The molecule has 4 rings (SSSR count). The van der Waals surface area contributed by atoms with Gasteiger partial charge in [-0.15, -0.1) is 10.2 Å². The van der Waals surface area contributed by atoms with Crippen molar-refractivity contribution in [3.63, 3.8) is 0 Å². The third-order valence-electron chi connectivity index (χ3n) is 3.76. The molecule has 24 heavy (non-hydrogen) atoms. The second kappa shape index (κ2) is 6.05. The molecule has 0 amide bonds. The summed E-state index contributed by atoms with van der Waals surface area (Å²) in [5, 5.41) is 9.71. The molecule has 0 aliphatic carbocycles. The Labute approximate surface area is 145 Å². The average Bonchev–Trinajstić information content (AvgIpc) is 3.06. The molecular formula is C18H12BrN3O2. The van der Waals surface area contributed by atoms with E-state index in [4.69, 9.17) is 4.42 Å². The van der Waals surface area contributed by atoms with Crippen molar-refractivity contribution >= 4 is 26.7 Å². The average molecular weight is 382 g/mol. The van der Waals surface area contributed by atoms with Gasteiger partial charge in [0.15, 0.2) is 0 Å². The Hall–Kier alpha value is -2.73. The first-order valence-electron chi connectivity index (χ1n) is 7.38. The topological polar surface area (TPSA) is 60.9 Å². The van der Waals surface area contributed by atoms with E-state index < -0.39 is 0 Å². The summed E-state index contributed by atoms with van der Waals surface area (Å²) in [4.78, 5) is 12.5. The van der Waals surface area contributed by atoms with E-state index in [0.717, 1.165) is 15.4 Å². The van der Waals surface area contributed by atoms with Crippen LogP contribution in [0.4, 0.5) is 0 Å². The molecule has 0 aliphatic rings. The molecule has 0 bridgehead atoms. The number of fused-ring (bicyclic) bond motifs is 1. The summed E-state index contributed by atoms with van der Waals surface area (Å²) in [7, 11) is 0. The summed E-state index contributed by atoms with van der Waals surface area (Å²) in [5.74, 6) is 0.810. The minimum absolute atomic E-state index is 0.0752. The summed E-state index contributed by atoms with van der Waals surface area (Å²) in [5.41, 5.74) is 0.746. The standard InChI is InChI=1S/C18H12BrN3O2/c19-15-8-4-3-7-14(15)17-21-20-16(24-17)11-22-10-9-12-5-1-2-6-13(12)18(22)23/h1-10H,11H2. The highest BCUT2D eigenvalue weighted by molar-refractivity contribution is 9.10. The Balaban J connectivity index is 1.69. The molecule has 0 aliphatic heterocycles. The van der Waals surface area contributed by atoms with Crippen LogP contribution in [0.1, 0.15) is 5.89 Å². The smallest absolute Gasteiger partial charge is 0.258 e. The molecule has 0 N–H and O–H groups in total. The molecule has 0 unspecified atom stereocenters. The van der Waals surface area contributed by atoms with Crippen molar-refractivity contribution in [3.8, 4) is 11.5 Å². The number of nitrogens with zero attached hydrogens (tertiary/aromatic N) is 3. The van der Waals surface area contributed by atoms with Crippen LogP contribution in [0.15, 0.2) is 74.5 Å². The maximum Gasteiger partial charge on any atom is 0.258 e. The number of hydrogen-bond acceptors (Lipinski definition) is 4. The van der Waals surface area contributed by atoms with E-state index in [1.807, 2.05) is 54.6 Å². The van der Waals surface area contributed by atoms with Crippen molar-refractivity contribution in [1.82, 2.24) is 14.8 Å². The van der Waals surface area contributed by atoms with Gasteiger partial charge in [-0.25, -0.2) is 0 Å². The third kappa shape index (κ3) is 2.65. The summed E-state index contributed by atoms with van der Waals surface area (Å²) >= 11 is 3.46. The lowest BCUT2D eigenvalue weighted by molar-refractivity contribution is 0.485. The van der Waals surface area contributed by atoms with Gasteiger partial charge in [0.1, 0.15) is 6.54 Å². The van der Waals surface area contributed by atoms with Crippen molar-refractivity contribution in [2.45, 2.75) is 6.54 Å². The SMILES string of the molecule is O=c1c2ccccc2ccn1Cc1nnc(-c2ccccc2Br)o1. The van der Waals surface area contributed by atoms with Gasteiger partial charge in [0, 0.05) is 16.1 Å². The van der Waals surface area contributed by atoms with Crippen LogP contribution in [0.25, 0.3) is 22.2 Å². The fraction of sp³-hybridized carbons (Fsp3) is 0.0556. The van der Waals surface area contributed by atoms with Gasteiger partial charge in [-0.05, 0) is 45.6 Å². The lowest BCUT2D eigenvalue weighted by Gasteiger charge is -2.04. The number of pyridine rings is 1. The molecule has 2 heterocycles. The number of aromatic nitrogens is 3. The molecule has 0 saturated carbocycles. The number of benzene rings is 2. The van der Waals surface area contributed by atoms with Gasteiger partial charge in [-0.1, -0.05) is 30.3 Å². The fourth-order valence-electron chi connectivity index (χ4n) is 2.56. The van der Waals surface area contributed by atoms with Crippen molar-refractivity contribution in [3.05, 3.63) is 81.5 Å². The Kier molecular flexibility index (Phi) is 3.74. The van der Waals surface area contributed by atoms with E-state index in [2.05, 4.69) is 26.1 Å². The monoisotopic (exact) mass is 381 g/mol. The Morgan fingerprint density at radius 3 is 2.67 bits per heavy atom. The summed E-state index contributed by atoms with van der Waals surface area (Å²) in [6.45, 7) is 0.237. The molecule has 2 aromatic carbocycles. The van der Waals surface area contributed by atoms with E-state index in [1.165, 1.54) is 0 Å². The zero-order valence-corrected chi connectivity index (χ0v) is 14.1. The second-order valence-corrected chi connectivity index (χ2v) is 6.17.